The fraction of sp³-hybridized carbons (Fsp3) is 0.211. The summed E-state index contributed by atoms with van der Waals surface area (Å²) in [5, 5.41) is 0. The molecule has 0 aliphatic heterocycles. The first-order chi connectivity index (χ1) is 12.4. The van der Waals surface area contributed by atoms with Crippen molar-refractivity contribution in [3.8, 4) is 17.2 Å². The molecule has 1 N–H and O–H groups in total. The minimum Gasteiger partial charge on any atom is -0.493 e. The van der Waals surface area contributed by atoms with Gasteiger partial charge in [-0.05, 0) is 43.3 Å². The highest BCUT2D eigenvalue weighted by atomic mass is 32.2. The minimum atomic E-state index is -3.28. The van der Waals surface area contributed by atoms with Gasteiger partial charge in [0.05, 0.1) is 18.6 Å². The summed E-state index contributed by atoms with van der Waals surface area (Å²) in [7, 11) is -3.28. The molecule has 0 aliphatic carbocycles. The zero-order chi connectivity index (χ0) is 18.6. The van der Waals surface area contributed by atoms with Gasteiger partial charge in [0.15, 0.2) is 0 Å². The minimum absolute atomic E-state index is 0.445. The summed E-state index contributed by atoms with van der Waals surface area (Å²) in [4.78, 5) is 4.54. The van der Waals surface area contributed by atoms with Crippen LogP contribution in [-0.2, 0) is 16.4 Å². The van der Waals surface area contributed by atoms with Gasteiger partial charge in [-0.2, -0.15) is 0 Å². The molecule has 0 spiro atoms. The first-order valence-corrected chi connectivity index (χ1v) is 10.0. The third-order valence-electron chi connectivity index (χ3n) is 3.68. The zero-order valence-corrected chi connectivity index (χ0v) is 15.4. The highest BCUT2D eigenvalue weighted by molar-refractivity contribution is 7.92. The summed E-state index contributed by atoms with van der Waals surface area (Å²) in [5.74, 6) is 2.04. The molecule has 2 aromatic carbocycles. The highest BCUT2D eigenvalue weighted by Crippen LogP contribution is 2.22. The molecule has 0 bridgehead atoms. The largest absolute Gasteiger partial charge is 0.493 e. The topological polar surface area (TPSA) is 81.4 Å². The van der Waals surface area contributed by atoms with E-state index in [-0.39, 0.29) is 0 Å². The lowest BCUT2D eigenvalue weighted by molar-refractivity contribution is 0.320. The molecular weight excluding hydrogens is 352 g/mol. The molecule has 7 heteroatoms. The lowest BCUT2D eigenvalue weighted by Crippen LogP contribution is -2.09. The van der Waals surface area contributed by atoms with Gasteiger partial charge in [-0.15, -0.1) is 0 Å². The maximum absolute atomic E-state index is 11.2. The maximum Gasteiger partial charge on any atom is 0.229 e. The van der Waals surface area contributed by atoms with E-state index in [9.17, 15) is 8.42 Å². The molecule has 0 atom stereocenters. The van der Waals surface area contributed by atoms with Gasteiger partial charge >= 0.3 is 0 Å². The van der Waals surface area contributed by atoms with E-state index < -0.39 is 10.0 Å². The van der Waals surface area contributed by atoms with Gasteiger partial charge in [-0.1, -0.05) is 18.2 Å². The molecule has 136 valence electrons. The second-order valence-electron chi connectivity index (χ2n) is 5.88. The van der Waals surface area contributed by atoms with Gasteiger partial charge in [0.1, 0.15) is 11.5 Å². The summed E-state index contributed by atoms with van der Waals surface area (Å²) in [6.07, 6.45) is 1.73. The van der Waals surface area contributed by atoms with Crippen LogP contribution in [0, 0.1) is 6.92 Å². The SMILES string of the molecule is Cc1oc(-c2ccccc2)nc1CCOc1ccc(NS(C)(=O)=O)cc1. The van der Waals surface area contributed by atoms with E-state index in [0.717, 1.165) is 23.3 Å². The number of nitrogens with zero attached hydrogens (tertiary/aromatic N) is 1. The molecule has 0 unspecified atom stereocenters. The molecule has 0 saturated carbocycles. The molecule has 1 heterocycles. The standard InChI is InChI=1S/C19H20N2O4S/c1-14-18(20-19(25-14)15-6-4-3-5-7-15)12-13-24-17-10-8-16(9-11-17)21-26(2,22)23/h3-11,21H,12-13H2,1-2H3. The van der Waals surface area contributed by atoms with Crippen LogP contribution >= 0.6 is 0 Å². The number of sulfonamides is 1. The number of ether oxygens (including phenoxy) is 1. The molecule has 3 aromatic rings. The Balaban J connectivity index is 1.58. The van der Waals surface area contributed by atoms with E-state index in [4.69, 9.17) is 9.15 Å². The number of hydrogen-bond donors (Lipinski definition) is 1. The number of oxazole rings is 1. The van der Waals surface area contributed by atoms with Crippen molar-refractivity contribution < 1.29 is 17.6 Å². The van der Waals surface area contributed by atoms with Crippen LogP contribution in [-0.4, -0.2) is 26.3 Å². The smallest absolute Gasteiger partial charge is 0.229 e. The van der Waals surface area contributed by atoms with E-state index in [1.165, 1.54) is 0 Å². The number of aromatic nitrogens is 1. The van der Waals surface area contributed by atoms with E-state index >= 15 is 0 Å². The van der Waals surface area contributed by atoms with Crippen molar-refractivity contribution >= 4 is 15.7 Å². The van der Waals surface area contributed by atoms with Crippen molar-refractivity contribution in [2.75, 3.05) is 17.6 Å². The summed E-state index contributed by atoms with van der Waals surface area (Å²) in [6, 6.07) is 16.5. The first kappa shape index (κ1) is 18.0. The number of nitrogens with one attached hydrogen (secondary N) is 1. The van der Waals surface area contributed by atoms with E-state index in [1.54, 1.807) is 24.3 Å². The van der Waals surface area contributed by atoms with E-state index in [2.05, 4.69) is 9.71 Å². The number of hydrogen-bond acceptors (Lipinski definition) is 5. The number of anilines is 1. The van der Waals surface area contributed by atoms with Crippen LogP contribution in [0.4, 0.5) is 5.69 Å². The average molecular weight is 372 g/mol. The summed E-state index contributed by atoms with van der Waals surface area (Å²) >= 11 is 0. The van der Waals surface area contributed by atoms with Gasteiger partial charge in [-0.3, -0.25) is 4.72 Å². The van der Waals surface area contributed by atoms with Crippen molar-refractivity contribution in [3.05, 3.63) is 66.1 Å². The summed E-state index contributed by atoms with van der Waals surface area (Å²) in [6.45, 7) is 2.33. The summed E-state index contributed by atoms with van der Waals surface area (Å²) < 4.78 is 36.2. The monoisotopic (exact) mass is 372 g/mol. The van der Waals surface area contributed by atoms with Crippen LogP contribution < -0.4 is 9.46 Å². The first-order valence-electron chi connectivity index (χ1n) is 8.13. The van der Waals surface area contributed by atoms with Crippen LogP contribution in [0.15, 0.2) is 59.0 Å². The Labute approximate surface area is 152 Å². The quantitative estimate of drug-likeness (QED) is 0.685. The van der Waals surface area contributed by atoms with Crippen LogP contribution in [0.5, 0.6) is 5.75 Å². The fourth-order valence-corrected chi connectivity index (χ4v) is 3.03. The van der Waals surface area contributed by atoms with Crippen molar-refractivity contribution in [1.82, 2.24) is 4.98 Å². The molecule has 0 radical (unpaired) electrons. The Morgan fingerprint density at radius 2 is 1.77 bits per heavy atom. The third kappa shape index (κ3) is 4.86. The average Bonchev–Trinajstić information content (AvgIpc) is 2.97. The lowest BCUT2D eigenvalue weighted by Gasteiger charge is -2.07. The molecule has 6 nitrogen and oxygen atoms in total. The number of benzene rings is 2. The fourth-order valence-electron chi connectivity index (χ4n) is 2.46. The second-order valence-corrected chi connectivity index (χ2v) is 7.63. The highest BCUT2D eigenvalue weighted by Gasteiger charge is 2.11. The van der Waals surface area contributed by atoms with Crippen molar-refractivity contribution in [2.45, 2.75) is 13.3 Å². The predicted molar refractivity (Wildman–Crippen MR) is 101 cm³/mol. The number of aryl methyl sites for hydroxylation is 1. The van der Waals surface area contributed by atoms with Gasteiger partial charge in [0, 0.05) is 17.7 Å². The summed E-state index contributed by atoms with van der Waals surface area (Å²) in [5.41, 5.74) is 2.30. The predicted octanol–water partition coefficient (Wildman–Crippen LogP) is 3.64. The molecule has 1 aromatic heterocycles. The molecule has 0 amide bonds. The molecule has 0 fully saturated rings. The normalized spacial score (nSPS) is 11.3. The van der Waals surface area contributed by atoms with Crippen LogP contribution in [0.25, 0.3) is 11.5 Å². The molecule has 26 heavy (non-hydrogen) atoms. The van der Waals surface area contributed by atoms with Gasteiger partial charge in [-0.25, -0.2) is 13.4 Å². The van der Waals surface area contributed by atoms with Crippen LogP contribution in [0.1, 0.15) is 11.5 Å². The van der Waals surface area contributed by atoms with Gasteiger partial charge in [0.2, 0.25) is 15.9 Å². The van der Waals surface area contributed by atoms with Crippen molar-refractivity contribution in [3.63, 3.8) is 0 Å². The Morgan fingerprint density at radius 3 is 2.42 bits per heavy atom. The Bertz CT molecular complexity index is 965. The van der Waals surface area contributed by atoms with Crippen molar-refractivity contribution in [2.24, 2.45) is 0 Å². The molecule has 0 aliphatic rings. The number of rotatable bonds is 7. The molecule has 3 rings (SSSR count). The van der Waals surface area contributed by atoms with Gasteiger partial charge in [0.25, 0.3) is 0 Å². The molecule has 0 saturated heterocycles. The maximum atomic E-state index is 11.2. The third-order valence-corrected chi connectivity index (χ3v) is 4.29. The van der Waals surface area contributed by atoms with E-state index in [0.29, 0.717) is 30.4 Å². The zero-order valence-electron chi connectivity index (χ0n) is 14.6. The van der Waals surface area contributed by atoms with Crippen LogP contribution in [0.3, 0.4) is 0 Å². The Hall–Kier alpha value is -2.80. The molecular formula is C19H20N2O4S. The van der Waals surface area contributed by atoms with Gasteiger partial charge < -0.3 is 9.15 Å². The van der Waals surface area contributed by atoms with Crippen molar-refractivity contribution in [1.29, 1.82) is 0 Å². The Kier molecular flexibility index (Phi) is 5.27. The lowest BCUT2D eigenvalue weighted by atomic mass is 10.2. The van der Waals surface area contributed by atoms with Crippen LogP contribution in [0.2, 0.25) is 0 Å². The van der Waals surface area contributed by atoms with E-state index in [1.807, 2.05) is 37.3 Å². The second kappa shape index (κ2) is 7.61. The Morgan fingerprint density at radius 1 is 1.08 bits per heavy atom.